The van der Waals surface area contributed by atoms with E-state index in [9.17, 15) is 0 Å². The standard InChI is InChI=1S/2C17H15.C2H6.C2H5.2ClH.Si.Zr/c2*1-2-13-11-15-9-6-10-16(17(15)12-13)14-7-4-3-5-8-14;2*1-2;;;;/h2*3-12H,2H2,1H3;1-2H3;1H2,2H3;2*1H;;/q2*-1;;-1;;;;+3. The molecule has 0 aliphatic carbocycles. The first-order chi connectivity index (χ1) is 18.8. The molecule has 0 aromatic heterocycles. The minimum absolute atomic E-state index is 0. The van der Waals surface area contributed by atoms with Crippen molar-refractivity contribution in [3.05, 3.63) is 139 Å². The second-order valence-electron chi connectivity index (χ2n) is 8.78. The first kappa shape index (κ1) is 41.9. The van der Waals surface area contributed by atoms with Gasteiger partial charge in [-0.3, -0.25) is 0 Å². The molecule has 6 aromatic rings. The van der Waals surface area contributed by atoms with Crippen molar-refractivity contribution >= 4 is 57.3 Å². The summed E-state index contributed by atoms with van der Waals surface area (Å²) in [4.78, 5) is 0. The molecule has 4 heteroatoms. The molecule has 42 heavy (non-hydrogen) atoms. The molecule has 0 N–H and O–H groups in total. The Bertz CT molecular complexity index is 1400. The van der Waals surface area contributed by atoms with E-state index in [0.717, 1.165) is 12.8 Å². The molecule has 0 aliphatic heterocycles. The predicted octanol–water partition coefficient (Wildman–Crippen LogP) is 11.9. The normalized spacial score (nSPS) is 9.10. The van der Waals surface area contributed by atoms with E-state index in [-0.39, 0.29) is 62.0 Å². The molecule has 5 radical (unpaired) electrons. The molecule has 6 aromatic carbocycles. The fourth-order valence-electron chi connectivity index (χ4n) is 4.74. The molecular formula is C38H43Cl2SiZr. The summed E-state index contributed by atoms with van der Waals surface area (Å²) in [5.74, 6) is 0. The van der Waals surface area contributed by atoms with Gasteiger partial charge in [0.2, 0.25) is 0 Å². The van der Waals surface area contributed by atoms with E-state index in [4.69, 9.17) is 0 Å². The largest absolute Gasteiger partial charge is 3.00 e. The Hall–Kier alpha value is -2.22. The van der Waals surface area contributed by atoms with Crippen molar-refractivity contribution in [2.45, 2.75) is 47.5 Å². The van der Waals surface area contributed by atoms with E-state index < -0.39 is 0 Å². The van der Waals surface area contributed by atoms with Crippen LogP contribution in [0.1, 0.15) is 45.7 Å². The molecular weight excluding hydrogens is 647 g/mol. The maximum atomic E-state index is 3.25. The zero-order valence-corrected chi connectivity index (χ0v) is 30.6. The van der Waals surface area contributed by atoms with Gasteiger partial charge in [0.1, 0.15) is 0 Å². The number of hydrogen-bond acceptors (Lipinski definition) is 0. The van der Waals surface area contributed by atoms with Gasteiger partial charge in [0.25, 0.3) is 0 Å². The summed E-state index contributed by atoms with van der Waals surface area (Å²) in [5.41, 5.74) is 8.11. The van der Waals surface area contributed by atoms with E-state index in [1.54, 1.807) is 6.92 Å². The first-order valence-electron chi connectivity index (χ1n) is 13.9. The van der Waals surface area contributed by atoms with Crippen LogP contribution in [0.4, 0.5) is 0 Å². The van der Waals surface area contributed by atoms with Crippen molar-refractivity contribution in [2.75, 3.05) is 0 Å². The third-order valence-electron chi connectivity index (χ3n) is 6.61. The molecule has 0 spiro atoms. The van der Waals surface area contributed by atoms with Gasteiger partial charge in [-0.2, -0.15) is 19.1 Å². The van der Waals surface area contributed by atoms with Crippen molar-refractivity contribution in [2.24, 2.45) is 0 Å². The second kappa shape index (κ2) is 22.3. The molecule has 6 rings (SSSR count). The Morgan fingerprint density at radius 2 is 0.857 bits per heavy atom. The van der Waals surface area contributed by atoms with Crippen LogP contribution in [0.5, 0.6) is 0 Å². The Balaban J connectivity index is 0. The molecule has 0 amide bonds. The summed E-state index contributed by atoms with van der Waals surface area (Å²) in [6, 6.07) is 43.5. The van der Waals surface area contributed by atoms with Crippen LogP contribution in [0, 0.1) is 6.92 Å². The molecule has 0 nitrogen and oxygen atoms in total. The van der Waals surface area contributed by atoms with E-state index >= 15 is 0 Å². The maximum Gasteiger partial charge on any atom is 3.00 e. The average molecular weight is 690 g/mol. The van der Waals surface area contributed by atoms with Crippen LogP contribution >= 0.6 is 24.8 Å². The van der Waals surface area contributed by atoms with Crippen LogP contribution in [0.15, 0.2) is 121 Å². The summed E-state index contributed by atoms with van der Waals surface area (Å²) in [6.07, 6.45) is 2.20. The van der Waals surface area contributed by atoms with Crippen LogP contribution in [0.25, 0.3) is 43.8 Å². The quantitative estimate of drug-likeness (QED) is 0.128. The van der Waals surface area contributed by atoms with Gasteiger partial charge >= 0.3 is 26.2 Å². The van der Waals surface area contributed by atoms with Gasteiger partial charge in [-0.05, 0) is 24.0 Å². The van der Waals surface area contributed by atoms with E-state index in [2.05, 4.69) is 142 Å². The number of rotatable bonds is 4. The number of fused-ring (bicyclic) bond motifs is 2. The third kappa shape index (κ3) is 10.5. The molecule has 0 atom stereocenters. The van der Waals surface area contributed by atoms with Gasteiger partial charge in [0, 0.05) is 11.0 Å². The van der Waals surface area contributed by atoms with Gasteiger partial charge in [0.05, 0.1) is 0 Å². The van der Waals surface area contributed by atoms with Crippen LogP contribution in [0.3, 0.4) is 0 Å². The fraction of sp³-hybridized carbons (Fsp3) is 0.184. The average Bonchev–Trinajstić information content (AvgIpc) is 3.64. The third-order valence-corrected chi connectivity index (χ3v) is 6.61. The Morgan fingerprint density at radius 1 is 0.524 bits per heavy atom. The molecule has 0 fully saturated rings. The van der Waals surface area contributed by atoms with Crippen LogP contribution in [0.2, 0.25) is 0 Å². The van der Waals surface area contributed by atoms with Crippen molar-refractivity contribution in [3.63, 3.8) is 0 Å². The van der Waals surface area contributed by atoms with Gasteiger partial charge in [-0.25, -0.2) is 0 Å². The summed E-state index contributed by atoms with van der Waals surface area (Å²) in [6.45, 7) is 13.4. The maximum absolute atomic E-state index is 3.25. The molecule has 217 valence electrons. The minimum Gasteiger partial charge on any atom is -0.346 e. The van der Waals surface area contributed by atoms with Gasteiger partial charge in [0.15, 0.2) is 0 Å². The molecule has 0 aliphatic rings. The number of hydrogen-bond donors (Lipinski definition) is 0. The topological polar surface area (TPSA) is 0 Å². The number of halogens is 2. The van der Waals surface area contributed by atoms with Gasteiger partial charge < -0.3 is 6.92 Å². The SMILES string of the molecule is CC.CCc1cc2c(-c3ccccc3)cccc2[cH-]1.CCc1cc2c(-c3ccccc3)cccc2[cH-]1.Cl.Cl.[CH2-]C.[Si].[Zr+3]. The molecule has 0 heterocycles. The summed E-state index contributed by atoms with van der Waals surface area (Å²) in [5, 5.41) is 5.44. The Labute approximate surface area is 290 Å². The van der Waals surface area contributed by atoms with Crippen LogP contribution < -0.4 is 0 Å². The zero-order chi connectivity index (χ0) is 27.3. The molecule has 0 saturated heterocycles. The van der Waals surface area contributed by atoms with Gasteiger partial charge in [-0.1, -0.05) is 112 Å². The molecule has 0 saturated carbocycles. The van der Waals surface area contributed by atoms with Crippen molar-refractivity contribution in [1.82, 2.24) is 0 Å². The minimum atomic E-state index is 0. The van der Waals surface area contributed by atoms with E-state index in [0.29, 0.717) is 0 Å². The van der Waals surface area contributed by atoms with E-state index in [1.807, 2.05) is 13.8 Å². The monoisotopic (exact) mass is 687 g/mol. The zero-order valence-electron chi connectivity index (χ0n) is 25.5. The smallest absolute Gasteiger partial charge is 0.346 e. The summed E-state index contributed by atoms with van der Waals surface area (Å²) in [7, 11) is 0. The summed E-state index contributed by atoms with van der Waals surface area (Å²) >= 11 is 0. The first-order valence-corrected chi connectivity index (χ1v) is 13.9. The van der Waals surface area contributed by atoms with Crippen LogP contribution in [-0.4, -0.2) is 11.0 Å². The summed E-state index contributed by atoms with van der Waals surface area (Å²) < 4.78 is 0. The Kier molecular flexibility index (Phi) is 22.3. The second-order valence-corrected chi connectivity index (χ2v) is 8.78. The predicted molar refractivity (Wildman–Crippen MR) is 191 cm³/mol. The van der Waals surface area contributed by atoms with Gasteiger partial charge in [-0.15, -0.1) is 93.9 Å². The number of benzene rings is 4. The molecule has 0 bridgehead atoms. The number of aryl methyl sites for hydroxylation is 2. The molecule has 0 unspecified atom stereocenters. The fourth-order valence-corrected chi connectivity index (χ4v) is 4.74. The van der Waals surface area contributed by atoms with Crippen LogP contribution in [-0.2, 0) is 39.0 Å². The van der Waals surface area contributed by atoms with Crippen molar-refractivity contribution < 1.29 is 26.2 Å². The van der Waals surface area contributed by atoms with E-state index in [1.165, 1.54) is 54.9 Å². The Morgan fingerprint density at radius 3 is 1.17 bits per heavy atom. The van der Waals surface area contributed by atoms with Crippen molar-refractivity contribution in [3.8, 4) is 22.3 Å². The van der Waals surface area contributed by atoms with Crippen molar-refractivity contribution in [1.29, 1.82) is 0 Å².